The first kappa shape index (κ1) is 12.5. The standard InChI is InChI=1S/C14H13ClOS/c15-12-8-6-11(7-9-12)14(16)10-17-13-4-2-1-3-5-13/h1-9,14,16H,10H2. The first-order valence-corrected chi connectivity index (χ1v) is 6.73. The molecule has 1 atom stereocenters. The minimum absolute atomic E-state index is 0.461. The minimum atomic E-state index is -0.461. The van der Waals surface area contributed by atoms with Gasteiger partial charge < -0.3 is 5.11 Å². The van der Waals surface area contributed by atoms with Crippen molar-refractivity contribution in [1.82, 2.24) is 0 Å². The van der Waals surface area contributed by atoms with Crippen LogP contribution in [-0.4, -0.2) is 10.9 Å². The van der Waals surface area contributed by atoms with E-state index in [1.165, 1.54) is 4.90 Å². The zero-order valence-electron chi connectivity index (χ0n) is 9.21. The van der Waals surface area contributed by atoms with Gasteiger partial charge in [0.25, 0.3) is 0 Å². The molecule has 3 heteroatoms. The smallest absolute Gasteiger partial charge is 0.0883 e. The van der Waals surface area contributed by atoms with Crippen LogP contribution in [0.2, 0.25) is 5.02 Å². The second-order valence-corrected chi connectivity index (χ2v) is 5.22. The van der Waals surface area contributed by atoms with Crippen molar-refractivity contribution in [3.8, 4) is 0 Å². The third-order valence-electron chi connectivity index (χ3n) is 2.41. The monoisotopic (exact) mass is 264 g/mol. The molecule has 2 aromatic carbocycles. The summed E-state index contributed by atoms with van der Waals surface area (Å²) in [6, 6.07) is 17.4. The van der Waals surface area contributed by atoms with Crippen LogP contribution < -0.4 is 0 Å². The highest BCUT2D eigenvalue weighted by atomic mass is 35.5. The van der Waals surface area contributed by atoms with Crippen molar-refractivity contribution in [1.29, 1.82) is 0 Å². The molecule has 0 aliphatic rings. The summed E-state index contributed by atoms with van der Waals surface area (Å²) in [6.45, 7) is 0. The zero-order chi connectivity index (χ0) is 12.1. The molecule has 0 saturated heterocycles. The van der Waals surface area contributed by atoms with Gasteiger partial charge in [0.1, 0.15) is 0 Å². The van der Waals surface area contributed by atoms with Crippen molar-refractivity contribution in [3.63, 3.8) is 0 Å². The summed E-state index contributed by atoms with van der Waals surface area (Å²) in [5.74, 6) is 0.644. The van der Waals surface area contributed by atoms with Crippen molar-refractivity contribution >= 4 is 23.4 Å². The fraction of sp³-hybridized carbons (Fsp3) is 0.143. The molecule has 1 unspecified atom stereocenters. The van der Waals surface area contributed by atoms with E-state index in [0.717, 1.165) is 5.56 Å². The first-order chi connectivity index (χ1) is 8.25. The highest BCUT2D eigenvalue weighted by Gasteiger charge is 2.07. The topological polar surface area (TPSA) is 20.2 Å². The van der Waals surface area contributed by atoms with E-state index in [9.17, 15) is 5.11 Å². The van der Waals surface area contributed by atoms with Gasteiger partial charge in [-0.1, -0.05) is 41.9 Å². The van der Waals surface area contributed by atoms with E-state index in [-0.39, 0.29) is 0 Å². The molecule has 1 N–H and O–H groups in total. The van der Waals surface area contributed by atoms with Gasteiger partial charge in [0.15, 0.2) is 0 Å². The molecule has 0 radical (unpaired) electrons. The molecular formula is C14H13ClOS. The Morgan fingerprint density at radius 3 is 2.29 bits per heavy atom. The van der Waals surface area contributed by atoms with E-state index in [2.05, 4.69) is 0 Å². The fourth-order valence-corrected chi connectivity index (χ4v) is 2.49. The second-order valence-electron chi connectivity index (χ2n) is 3.69. The van der Waals surface area contributed by atoms with Crippen molar-refractivity contribution in [3.05, 3.63) is 65.2 Å². The lowest BCUT2D eigenvalue weighted by Crippen LogP contribution is -1.99. The Kier molecular flexibility index (Phi) is 4.49. The summed E-state index contributed by atoms with van der Waals surface area (Å²) >= 11 is 7.45. The van der Waals surface area contributed by atoms with Crippen LogP contribution in [-0.2, 0) is 0 Å². The Hall–Kier alpha value is -0.960. The molecule has 0 saturated carbocycles. The SMILES string of the molecule is OC(CSc1ccccc1)c1ccc(Cl)cc1. The molecule has 0 heterocycles. The molecule has 0 amide bonds. The lowest BCUT2D eigenvalue weighted by atomic mass is 10.1. The Balaban J connectivity index is 1.93. The minimum Gasteiger partial charge on any atom is -0.388 e. The molecule has 2 rings (SSSR count). The number of aliphatic hydroxyl groups is 1. The van der Waals surface area contributed by atoms with E-state index in [1.807, 2.05) is 42.5 Å². The van der Waals surface area contributed by atoms with Crippen molar-refractivity contribution in [2.75, 3.05) is 5.75 Å². The van der Waals surface area contributed by atoms with Gasteiger partial charge >= 0.3 is 0 Å². The summed E-state index contributed by atoms with van der Waals surface area (Å²) in [6.07, 6.45) is -0.461. The number of halogens is 1. The van der Waals surface area contributed by atoms with Crippen LogP contribution in [0.5, 0.6) is 0 Å². The lowest BCUT2D eigenvalue weighted by Gasteiger charge is -2.10. The zero-order valence-corrected chi connectivity index (χ0v) is 10.8. The largest absolute Gasteiger partial charge is 0.388 e. The molecule has 0 aromatic heterocycles. The summed E-state index contributed by atoms with van der Waals surface area (Å²) in [7, 11) is 0. The Labute approximate surface area is 110 Å². The van der Waals surface area contributed by atoms with E-state index >= 15 is 0 Å². The maximum atomic E-state index is 10.0. The van der Waals surface area contributed by atoms with E-state index < -0.39 is 6.10 Å². The maximum Gasteiger partial charge on any atom is 0.0883 e. The van der Waals surface area contributed by atoms with Crippen molar-refractivity contribution < 1.29 is 5.11 Å². The Morgan fingerprint density at radius 1 is 1.00 bits per heavy atom. The van der Waals surface area contributed by atoms with Crippen LogP contribution in [0, 0.1) is 0 Å². The molecule has 0 aliphatic carbocycles. The molecule has 88 valence electrons. The summed E-state index contributed by atoms with van der Waals surface area (Å²) in [5.41, 5.74) is 0.901. The number of thioether (sulfide) groups is 1. The lowest BCUT2D eigenvalue weighted by molar-refractivity contribution is 0.204. The summed E-state index contributed by atoms with van der Waals surface area (Å²) < 4.78 is 0. The first-order valence-electron chi connectivity index (χ1n) is 5.37. The predicted octanol–water partition coefficient (Wildman–Crippen LogP) is 4.17. The van der Waals surface area contributed by atoms with Crippen LogP contribution in [0.15, 0.2) is 59.5 Å². The van der Waals surface area contributed by atoms with Gasteiger partial charge in [-0.25, -0.2) is 0 Å². The van der Waals surface area contributed by atoms with Gasteiger partial charge in [-0.2, -0.15) is 0 Å². The fourth-order valence-electron chi connectivity index (χ4n) is 1.47. The predicted molar refractivity (Wildman–Crippen MR) is 73.6 cm³/mol. The molecule has 2 aromatic rings. The third kappa shape index (κ3) is 3.77. The third-order valence-corrected chi connectivity index (χ3v) is 3.75. The molecular weight excluding hydrogens is 252 g/mol. The van der Waals surface area contributed by atoms with Crippen LogP contribution in [0.1, 0.15) is 11.7 Å². The maximum absolute atomic E-state index is 10.0. The highest BCUT2D eigenvalue weighted by molar-refractivity contribution is 7.99. The quantitative estimate of drug-likeness (QED) is 0.837. The van der Waals surface area contributed by atoms with Crippen molar-refractivity contribution in [2.24, 2.45) is 0 Å². The van der Waals surface area contributed by atoms with Crippen LogP contribution in [0.3, 0.4) is 0 Å². The van der Waals surface area contributed by atoms with Gasteiger partial charge in [0, 0.05) is 15.7 Å². The normalized spacial score (nSPS) is 12.4. The molecule has 0 aliphatic heterocycles. The molecule has 17 heavy (non-hydrogen) atoms. The molecule has 0 bridgehead atoms. The van der Waals surface area contributed by atoms with Gasteiger partial charge in [-0.3, -0.25) is 0 Å². The van der Waals surface area contributed by atoms with Gasteiger partial charge in [-0.15, -0.1) is 11.8 Å². The van der Waals surface area contributed by atoms with Gasteiger partial charge in [0.05, 0.1) is 6.10 Å². The summed E-state index contributed by atoms with van der Waals surface area (Å²) in [4.78, 5) is 1.17. The summed E-state index contributed by atoms with van der Waals surface area (Å²) in [5, 5.41) is 10.7. The van der Waals surface area contributed by atoms with Crippen LogP contribution in [0.4, 0.5) is 0 Å². The van der Waals surface area contributed by atoms with Crippen LogP contribution in [0.25, 0.3) is 0 Å². The number of rotatable bonds is 4. The average Bonchev–Trinajstić information content (AvgIpc) is 2.38. The average molecular weight is 265 g/mol. The van der Waals surface area contributed by atoms with Gasteiger partial charge in [0.2, 0.25) is 0 Å². The number of benzene rings is 2. The number of hydrogen-bond donors (Lipinski definition) is 1. The number of hydrogen-bond acceptors (Lipinski definition) is 2. The highest BCUT2D eigenvalue weighted by Crippen LogP contribution is 2.25. The molecule has 0 spiro atoms. The Bertz CT molecular complexity index is 455. The van der Waals surface area contributed by atoms with Crippen LogP contribution >= 0.6 is 23.4 Å². The van der Waals surface area contributed by atoms with Crippen molar-refractivity contribution in [2.45, 2.75) is 11.0 Å². The number of aliphatic hydroxyl groups excluding tert-OH is 1. The van der Waals surface area contributed by atoms with E-state index in [1.54, 1.807) is 23.9 Å². The molecule has 0 fully saturated rings. The van der Waals surface area contributed by atoms with E-state index in [0.29, 0.717) is 10.8 Å². The van der Waals surface area contributed by atoms with E-state index in [4.69, 9.17) is 11.6 Å². The second kappa shape index (κ2) is 6.10. The molecule has 1 nitrogen and oxygen atoms in total. The van der Waals surface area contributed by atoms with Gasteiger partial charge in [-0.05, 0) is 29.8 Å². The Morgan fingerprint density at radius 2 is 1.65 bits per heavy atom.